The molecule has 0 aliphatic carbocycles. The Kier molecular flexibility index (Phi) is 5.00. The summed E-state index contributed by atoms with van der Waals surface area (Å²) in [5, 5.41) is 7.65. The van der Waals surface area contributed by atoms with Gasteiger partial charge in [-0.05, 0) is 35.4 Å². The summed E-state index contributed by atoms with van der Waals surface area (Å²) in [6.07, 6.45) is 0. The molecule has 0 radical (unpaired) electrons. The fraction of sp³-hybridized carbons (Fsp3) is 0.375. The van der Waals surface area contributed by atoms with E-state index in [1.165, 1.54) is 16.7 Å². The smallest absolute Gasteiger partial charge is 0.124 e. The van der Waals surface area contributed by atoms with E-state index < -0.39 is 0 Å². The molecule has 0 atom stereocenters. The highest BCUT2D eigenvalue weighted by Gasteiger charge is 2.05. The number of benzene rings is 1. The van der Waals surface area contributed by atoms with E-state index >= 15 is 0 Å². The summed E-state index contributed by atoms with van der Waals surface area (Å²) < 4.78 is 5.94. The maximum atomic E-state index is 5.94. The van der Waals surface area contributed by atoms with Gasteiger partial charge in [-0.3, -0.25) is 0 Å². The fourth-order valence-corrected chi connectivity index (χ4v) is 2.49. The lowest BCUT2D eigenvalue weighted by Gasteiger charge is -2.14. The van der Waals surface area contributed by atoms with Crippen molar-refractivity contribution in [1.82, 2.24) is 5.32 Å². The highest BCUT2D eigenvalue weighted by atomic mass is 32.1. The zero-order valence-electron chi connectivity index (χ0n) is 11.8. The van der Waals surface area contributed by atoms with E-state index in [4.69, 9.17) is 4.74 Å². The number of aryl methyl sites for hydroxylation is 1. The minimum Gasteiger partial charge on any atom is -0.489 e. The Morgan fingerprint density at radius 2 is 2.11 bits per heavy atom. The minimum atomic E-state index is 0.477. The van der Waals surface area contributed by atoms with Gasteiger partial charge in [0.05, 0.1) is 0 Å². The topological polar surface area (TPSA) is 21.3 Å². The predicted octanol–water partition coefficient (Wildman–Crippen LogP) is 4.13. The van der Waals surface area contributed by atoms with Crippen LogP contribution in [0.3, 0.4) is 0 Å². The Labute approximate surface area is 119 Å². The highest BCUT2D eigenvalue weighted by molar-refractivity contribution is 7.07. The van der Waals surface area contributed by atoms with Gasteiger partial charge >= 0.3 is 0 Å². The van der Waals surface area contributed by atoms with Crippen LogP contribution in [0, 0.1) is 6.92 Å². The van der Waals surface area contributed by atoms with Crippen LogP contribution in [-0.2, 0) is 13.2 Å². The van der Waals surface area contributed by atoms with E-state index in [0.717, 1.165) is 12.3 Å². The number of thiophene rings is 1. The van der Waals surface area contributed by atoms with E-state index in [1.54, 1.807) is 11.3 Å². The molecule has 0 saturated heterocycles. The lowest BCUT2D eigenvalue weighted by atomic mass is 10.1. The zero-order valence-corrected chi connectivity index (χ0v) is 12.6. The standard InChI is InChI=1S/C16H21NOS/c1-12(2)17-9-15-8-13(3)4-5-16(15)18-10-14-6-7-19-11-14/h4-8,11-12,17H,9-10H2,1-3H3. The van der Waals surface area contributed by atoms with E-state index in [0.29, 0.717) is 12.6 Å². The molecule has 1 aromatic carbocycles. The van der Waals surface area contributed by atoms with Crippen LogP contribution >= 0.6 is 11.3 Å². The average Bonchev–Trinajstić information content (AvgIpc) is 2.88. The third-order valence-electron chi connectivity index (χ3n) is 2.89. The van der Waals surface area contributed by atoms with Gasteiger partial charge in [0, 0.05) is 18.2 Å². The normalized spacial score (nSPS) is 10.9. The summed E-state index contributed by atoms with van der Waals surface area (Å²) in [5.41, 5.74) is 3.72. The Bertz CT molecular complexity index is 505. The average molecular weight is 275 g/mol. The summed E-state index contributed by atoms with van der Waals surface area (Å²) in [6.45, 7) is 7.91. The van der Waals surface area contributed by atoms with Crippen molar-refractivity contribution in [1.29, 1.82) is 0 Å². The largest absolute Gasteiger partial charge is 0.489 e. The fourth-order valence-electron chi connectivity index (χ4n) is 1.84. The van der Waals surface area contributed by atoms with Crippen LogP contribution in [0.1, 0.15) is 30.5 Å². The molecule has 1 N–H and O–H groups in total. The molecule has 0 unspecified atom stereocenters. The van der Waals surface area contributed by atoms with Crippen molar-refractivity contribution >= 4 is 11.3 Å². The molecule has 19 heavy (non-hydrogen) atoms. The summed E-state index contributed by atoms with van der Waals surface area (Å²) in [6, 6.07) is 8.94. The Hall–Kier alpha value is -1.32. The first kappa shape index (κ1) is 14.1. The molecule has 2 aromatic rings. The third-order valence-corrected chi connectivity index (χ3v) is 3.62. The van der Waals surface area contributed by atoms with E-state index in [2.05, 4.69) is 61.1 Å². The van der Waals surface area contributed by atoms with Crippen molar-refractivity contribution in [2.75, 3.05) is 0 Å². The van der Waals surface area contributed by atoms with Crippen molar-refractivity contribution in [2.45, 2.75) is 40.0 Å². The maximum Gasteiger partial charge on any atom is 0.124 e. The van der Waals surface area contributed by atoms with E-state index in [1.807, 2.05) is 0 Å². The van der Waals surface area contributed by atoms with Crippen molar-refractivity contribution in [2.24, 2.45) is 0 Å². The first-order valence-corrected chi connectivity index (χ1v) is 7.56. The molecule has 0 aliphatic heterocycles. The summed E-state index contributed by atoms with van der Waals surface area (Å²) >= 11 is 1.70. The molecule has 0 amide bonds. The van der Waals surface area contributed by atoms with E-state index in [-0.39, 0.29) is 0 Å². The molecule has 0 spiro atoms. The van der Waals surface area contributed by atoms with Gasteiger partial charge in [-0.25, -0.2) is 0 Å². The van der Waals surface area contributed by atoms with Crippen LogP contribution in [0.4, 0.5) is 0 Å². The molecule has 0 aliphatic rings. The Morgan fingerprint density at radius 3 is 2.79 bits per heavy atom. The summed E-state index contributed by atoms with van der Waals surface area (Å²) in [5.74, 6) is 0.977. The van der Waals surface area contributed by atoms with Crippen LogP contribution in [0.15, 0.2) is 35.0 Å². The monoisotopic (exact) mass is 275 g/mol. The second kappa shape index (κ2) is 6.73. The van der Waals surface area contributed by atoms with Crippen LogP contribution in [0.5, 0.6) is 5.75 Å². The highest BCUT2D eigenvalue weighted by Crippen LogP contribution is 2.21. The first-order chi connectivity index (χ1) is 9.15. The Balaban J connectivity index is 2.05. The molecule has 0 fully saturated rings. The van der Waals surface area contributed by atoms with Crippen LogP contribution in [-0.4, -0.2) is 6.04 Å². The van der Waals surface area contributed by atoms with Gasteiger partial charge in [-0.15, -0.1) is 0 Å². The molecule has 1 aromatic heterocycles. The predicted molar refractivity (Wildman–Crippen MR) is 81.8 cm³/mol. The molecule has 102 valence electrons. The van der Waals surface area contributed by atoms with Gasteiger partial charge < -0.3 is 10.1 Å². The van der Waals surface area contributed by atoms with E-state index in [9.17, 15) is 0 Å². The summed E-state index contributed by atoms with van der Waals surface area (Å²) in [7, 11) is 0. The van der Waals surface area contributed by atoms with Crippen molar-refractivity contribution in [3.05, 3.63) is 51.7 Å². The zero-order chi connectivity index (χ0) is 13.7. The van der Waals surface area contributed by atoms with Crippen molar-refractivity contribution < 1.29 is 4.74 Å². The van der Waals surface area contributed by atoms with Gasteiger partial charge in [-0.2, -0.15) is 11.3 Å². The van der Waals surface area contributed by atoms with Crippen LogP contribution in [0.2, 0.25) is 0 Å². The molecular formula is C16H21NOS. The first-order valence-electron chi connectivity index (χ1n) is 6.62. The molecule has 2 rings (SSSR count). The molecule has 0 saturated carbocycles. The SMILES string of the molecule is Cc1ccc(OCc2ccsc2)c(CNC(C)C)c1. The van der Waals surface area contributed by atoms with Crippen LogP contribution < -0.4 is 10.1 Å². The van der Waals surface area contributed by atoms with Gasteiger partial charge in [0.15, 0.2) is 0 Å². The van der Waals surface area contributed by atoms with Crippen molar-refractivity contribution in [3.63, 3.8) is 0 Å². The van der Waals surface area contributed by atoms with Gasteiger partial charge in [0.25, 0.3) is 0 Å². The van der Waals surface area contributed by atoms with Crippen LogP contribution in [0.25, 0.3) is 0 Å². The lowest BCUT2D eigenvalue weighted by molar-refractivity contribution is 0.302. The number of rotatable bonds is 6. The lowest BCUT2D eigenvalue weighted by Crippen LogP contribution is -2.22. The van der Waals surface area contributed by atoms with Crippen molar-refractivity contribution in [3.8, 4) is 5.75 Å². The summed E-state index contributed by atoms with van der Waals surface area (Å²) in [4.78, 5) is 0. The quantitative estimate of drug-likeness (QED) is 0.855. The Morgan fingerprint density at radius 1 is 1.26 bits per heavy atom. The third kappa shape index (κ3) is 4.37. The van der Waals surface area contributed by atoms with Gasteiger partial charge in [-0.1, -0.05) is 31.5 Å². The molecule has 3 heteroatoms. The van der Waals surface area contributed by atoms with Gasteiger partial charge in [0.1, 0.15) is 12.4 Å². The second-order valence-corrected chi connectivity index (χ2v) is 5.85. The molecule has 0 bridgehead atoms. The number of hydrogen-bond donors (Lipinski definition) is 1. The number of hydrogen-bond acceptors (Lipinski definition) is 3. The minimum absolute atomic E-state index is 0.477. The maximum absolute atomic E-state index is 5.94. The second-order valence-electron chi connectivity index (χ2n) is 5.07. The molecule has 1 heterocycles. The molecular weight excluding hydrogens is 254 g/mol. The van der Waals surface area contributed by atoms with Gasteiger partial charge in [0.2, 0.25) is 0 Å². The number of ether oxygens (including phenoxy) is 1. The molecule has 2 nitrogen and oxygen atoms in total. The number of nitrogens with one attached hydrogen (secondary N) is 1.